The first-order valence-electron chi connectivity index (χ1n) is 5.66. The van der Waals surface area contributed by atoms with E-state index in [9.17, 15) is 15.0 Å². The maximum atomic E-state index is 12.0. The number of amides is 1. The van der Waals surface area contributed by atoms with Gasteiger partial charge in [-0.05, 0) is 31.5 Å². The van der Waals surface area contributed by atoms with Crippen LogP contribution in [-0.4, -0.2) is 32.7 Å². The van der Waals surface area contributed by atoms with E-state index in [2.05, 4.69) is 10.5 Å². The Morgan fingerprint density at radius 3 is 2.63 bits per heavy atom. The highest BCUT2D eigenvalue weighted by Gasteiger charge is 2.30. The second-order valence-corrected chi connectivity index (χ2v) is 4.33. The average molecular weight is 267 g/mol. The van der Waals surface area contributed by atoms with Gasteiger partial charge in [0.1, 0.15) is 11.5 Å². The van der Waals surface area contributed by atoms with Crippen molar-refractivity contribution in [2.24, 2.45) is 10.9 Å². The molecule has 0 bridgehead atoms. The summed E-state index contributed by atoms with van der Waals surface area (Å²) in [6.45, 7) is 3.33. The van der Waals surface area contributed by atoms with Crippen LogP contribution in [0, 0.1) is 0 Å². The second-order valence-electron chi connectivity index (χ2n) is 4.33. The standard InChI is InChI=1S/C12H17N3O4/c1-3-12(2,11(13)15-19)14-10(18)8-6-7(16)4-5-9(8)17/h4-6,16-17,19H,3H2,1-2H3,(H2,13,15)(H,14,18). The predicted molar refractivity (Wildman–Crippen MR) is 69.3 cm³/mol. The molecule has 0 aliphatic rings. The molecular formula is C12H17N3O4. The molecule has 1 amide bonds. The SMILES string of the molecule is CCC(C)(NC(=O)c1cc(O)ccc1O)/C(N)=N/O. The Morgan fingerprint density at radius 2 is 2.11 bits per heavy atom. The van der Waals surface area contributed by atoms with E-state index in [1.54, 1.807) is 13.8 Å². The van der Waals surface area contributed by atoms with Crippen LogP contribution < -0.4 is 11.1 Å². The number of nitrogens with two attached hydrogens (primary N) is 1. The monoisotopic (exact) mass is 267 g/mol. The topological polar surface area (TPSA) is 128 Å². The van der Waals surface area contributed by atoms with Gasteiger partial charge >= 0.3 is 0 Å². The lowest BCUT2D eigenvalue weighted by atomic mass is 9.96. The van der Waals surface area contributed by atoms with Gasteiger partial charge in [-0.1, -0.05) is 12.1 Å². The number of aromatic hydroxyl groups is 2. The minimum atomic E-state index is -1.05. The molecule has 0 radical (unpaired) electrons. The zero-order valence-electron chi connectivity index (χ0n) is 10.7. The molecule has 0 spiro atoms. The maximum absolute atomic E-state index is 12.0. The fourth-order valence-electron chi connectivity index (χ4n) is 1.47. The molecule has 19 heavy (non-hydrogen) atoms. The van der Waals surface area contributed by atoms with Crippen molar-refractivity contribution in [3.05, 3.63) is 23.8 Å². The summed E-state index contributed by atoms with van der Waals surface area (Å²) >= 11 is 0. The van der Waals surface area contributed by atoms with Crippen molar-refractivity contribution >= 4 is 11.7 Å². The molecule has 0 aliphatic carbocycles. The van der Waals surface area contributed by atoms with Crippen molar-refractivity contribution in [1.82, 2.24) is 5.32 Å². The Balaban J connectivity index is 3.05. The van der Waals surface area contributed by atoms with Crippen LogP contribution in [-0.2, 0) is 0 Å². The van der Waals surface area contributed by atoms with Crippen molar-refractivity contribution < 1.29 is 20.2 Å². The minimum absolute atomic E-state index is 0.0922. The normalized spacial score (nSPS) is 14.7. The highest BCUT2D eigenvalue weighted by atomic mass is 16.4. The average Bonchev–Trinajstić information content (AvgIpc) is 2.40. The highest BCUT2D eigenvalue weighted by molar-refractivity contribution is 6.01. The molecule has 0 fully saturated rings. The summed E-state index contributed by atoms with van der Waals surface area (Å²) in [5.74, 6) is -1.20. The first-order valence-corrected chi connectivity index (χ1v) is 5.66. The molecular weight excluding hydrogens is 250 g/mol. The number of nitrogens with one attached hydrogen (secondary N) is 1. The fourth-order valence-corrected chi connectivity index (χ4v) is 1.47. The Kier molecular flexibility index (Phi) is 4.21. The van der Waals surface area contributed by atoms with Gasteiger partial charge in [0.05, 0.1) is 11.1 Å². The van der Waals surface area contributed by atoms with Gasteiger partial charge in [-0.25, -0.2) is 0 Å². The van der Waals surface area contributed by atoms with Gasteiger partial charge in [-0.3, -0.25) is 4.79 Å². The second kappa shape index (κ2) is 5.47. The molecule has 1 aromatic carbocycles. The van der Waals surface area contributed by atoms with Crippen LogP contribution in [0.5, 0.6) is 11.5 Å². The van der Waals surface area contributed by atoms with Crippen molar-refractivity contribution in [2.75, 3.05) is 0 Å². The third kappa shape index (κ3) is 3.06. The molecule has 1 atom stereocenters. The number of hydrogen-bond donors (Lipinski definition) is 5. The van der Waals surface area contributed by atoms with E-state index in [1.165, 1.54) is 12.1 Å². The predicted octanol–water partition coefficient (Wildman–Crippen LogP) is 0.743. The van der Waals surface area contributed by atoms with Gasteiger partial charge in [-0.2, -0.15) is 0 Å². The summed E-state index contributed by atoms with van der Waals surface area (Å²) in [7, 11) is 0. The first kappa shape index (κ1) is 14.6. The number of amidine groups is 1. The van der Waals surface area contributed by atoms with Crippen LogP contribution in [0.1, 0.15) is 30.6 Å². The van der Waals surface area contributed by atoms with Crippen LogP contribution in [0.15, 0.2) is 23.4 Å². The molecule has 1 rings (SSSR count). The van der Waals surface area contributed by atoms with Gasteiger partial charge in [0, 0.05) is 0 Å². The highest BCUT2D eigenvalue weighted by Crippen LogP contribution is 2.23. The summed E-state index contributed by atoms with van der Waals surface area (Å²) in [5, 5.41) is 33.0. The van der Waals surface area contributed by atoms with E-state index in [1.807, 2.05) is 0 Å². The smallest absolute Gasteiger partial charge is 0.255 e. The van der Waals surface area contributed by atoms with Gasteiger partial charge in [0.2, 0.25) is 0 Å². The number of benzene rings is 1. The Labute approximate surface area is 110 Å². The van der Waals surface area contributed by atoms with Crippen LogP contribution in [0.3, 0.4) is 0 Å². The van der Waals surface area contributed by atoms with E-state index in [4.69, 9.17) is 10.9 Å². The molecule has 0 aliphatic heterocycles. The van der Waals surface area contributed by atoms with E-state index >= 15 is 0 Å². The van der Waals surface area contributed by atoms with Gasteiger partial charge in [-0.15, -0.1) is 0 Å². The van der Waals surface area contributed by atoms with Gasteiger partial charge in [0.25, 0.3) is 5.91 Å². The summed E-state index contributed by atoms with van der Waals surface area (Å²) < 4.78 is 0. The summed E-state index contributed by atoms with van der Waals surface area (Å²) in [6, 6.07) is 3.60. The molecule has 1 aromatic rings. The number of oxime groups is 1. The quantitative estimate of drug-likeness (QED) is 0.181. The van der Waals surface area contributed by atoms with Crippen LogP contribution >= 0.6 is 0 Å². The van der Waals surface area contributed by atoms with Crippen LogP contribution in [0.25, 0.3) is 0 Å². The lowest BCUT2D eigenvalue weighted by molar-refractivity contribution is 0.0921. The number of phenolic OH excluding ortho intramolecular Hbond substituents is 2. The summed E-state index contributed by atoms with van der Waals surface area (Å²) in [6.07, 6.45) is 0.383. The zero-order valence-corrected chi connectivity index (χ0v) is 10.7. The van der Waals surface area contributed by atoms with E-state index < -0.39 is 11.4 Å². The van der Waals surface area contributed by atoms with E-state index in [-0.39, 0.29) is 22.9 Å². The Morgan fingerprint density at radius 1 is 1.47 bits per heavy atom. The molecule has 6 N–H and O–H groups in total. The summed E-state index contributed by atoms with van der Waals surface area (Å²) in [5.41, 5.74) is 4.39. The Bertz CT molecular complexity index is 516. The lowest BCUT2D eigenvalue weighted by Gasteiger charge is -2.28. The third-order valence-corrected chi connectivity index (χ3v) is 2.99. The van der Waals surface area contributed by atoms with Crippen molar-refractivity contribution in [3.63, 3.8) is 0 Å². The number of phenols is 2. The fraction of sp³-hybridized carbons (Fsp3) is 0.333. The molecule has 1 unspecified atom stereocenters. The number of nitrogens with zero attached hydrogens (tertiary/aromatic N) is 1. The first-order chi connectivity index (χ1) is 8.84. The molecule has 0 aromatic heterocycles. The third-order valence-electron chi connectivity index (χ3n) is 2.99. The number of carbonyl (C=O) groups is 1. The molecule has 0 heterocycles. The van der Waals surface area contributed by atoms with Crippen molar-refractivity contribution in [2.45, 2.75) is 25.8 Å². The van der Waals surface area contributed by atoms with Crippen LogP contribution in [0.4, 0.5) is 0 Å². The van der Waals surface area contributed by atoms with E-state index in [0.717, 1.165) is 6.07 Å². The molecule has 7 nitrogen and oxygen atoms in total. The number of carbonyl (C=O) groups excluding carboxylic acids is 1. The summed E-state index contributed by atoms with van der Waals surface area (Å²) in [4.78, 5) is 12.0. The van der Waals surface area contributed by atoms with E-state index in [0.29, 0.717) is 6.42 Å². The Hall–Kier alpha value is -2.44. The molecule has 7 heteroatoms. The molecule has 0 saturated carbocycles. The number of rotatable bonds is 4. The van der Waals surface area contributed by atoms with Crippen molar-refractivity contribution in [3.8, 4) is 11.5 Å². The zero-order chi connectivity index (χ0) is 14.6. The molecule has 0 saturated heterocycles. The van der Waals surface area contributed by atoms with Gasteiger partial charge in [0.15, 0.2) is 5.84 Å². The minimum Gasteiger partial charge on any atom is -0.508 e. The number of hydrogen-bond acceptors (Lipinski definition) is 5. The maximum Gasteiger partial charge on any atom is 0.255 e. The van der Waals surface area contributed by atoms with Crippen LogP contribution in [0.2, 0.25) is 0 Å². The largest absolute Gasteiger partial charge is 0.508 e. The molecule has 104 valence electrons. The lowest BCUT2D eigenvalue weighted by Crippen LogP contribution is -2.55. The van der Waals surface area contributed by atoms with Crippen molar-refractivity contribution in [1.29, 1.82) is 0 Å². The van der Waals surface area contributed by atoms with Gasteiger partial charge < -0.3 is 26.5 Å².